The number of hydrogen-bond acceptors (Lipinski definition) is 3. The zero-order valence-electron chi connectivity index (χ0n) is 2.42. The quantitative estimate of drug-likeness (QED) is 0.247. The molecule has 0 aliphatic heterocycles. The van der Waals surface area contributed by atoms with Gasteiger partial charge in [0.05, 0.1) is 0 Å². The summed E-state index contributed by atoms with van der Waals surface area (Å²) in [5, 5.41) is 13.6. The maximum absolute atomic E-state index is 8.36. The van der Waals surface area contributed by atoms with Gasteiger partial charge in [-0.2, -0.15) is 0 Å². The van der Waals surface area contributed by atoms with E-state index in [0.29, 0.717) is 0 Å². The van der Waals surface area contributed by atoms with Crippen LogP contribution in [0.25, 0.3) is 0 Å². The molecule has 0 aliphatic rings. The monoisotopic (exact) mass is 120 g/mol. The Balaban J connectivity index is -0.0000000450. The van der Waals surface area contributed by atoms with Crippen molar-refractivity contribution in [2.75, 3.05) is 0 Å². The van der Waals surface area contributed by atoms with E-state index in [0.717, 1.165) is 0 Å². The summed E-state index contributed by atoms with van der Waals surface area (Å²) in [4.78, 5) is 8.36. The molecule has 0 radical (unpaired) electrons. The molecule has 0 heterocycles. The van der Waals surface area contributed by atoms with Crippen molar-refractivity contribution in [3.05, 3.63) is 10.1 Å². The van der Waals surface area contributed by atoms with Crippen molar-refractivity contribution in [2.45, 2.75) is 0 Å². The molecule has 0 amide bonds. The van der Waals surface area contributed by atoms with Crippen LogP contribution in [0.1, 0.15) is 0 Å². The average molecular weight is 120 g/mol. The molecule has 0 bridgehead atoms. The Morgan fingerprint density at radius 1 is 1.67 bits per heavy atom. The van der Waals surface area contributed by atoms with Crippen molar-refractivity contribution in [3.8, 4) is 0 Å². The van der Waals surface area contributed by atoms with Crippen molar-refractivity contribution in [2.24, 2.45) is 0 Å². The van der Waals surface area contributed by atoms with Gasteiger partial charge < -0.3 is 11.4 Å². The van der Waals surface area contributed by atoms with Crippen LogP contribution in [0.4, 0.5) is 0 Å². The van der Waals surface area contributed by atoms with Crippen molar-refractivity contribution in [3.63, 3.8) is 0 Å². The first kappa shape index (κ1) is 15.8. The minimum absolute atomic E-state index is 0. The fourth-order valence-electron chi connectivity index (χ4n) is 0. The fourth-order valence-corrected chi connectivity index (χ4v) is 0. The van der Waals surface area contributed by atoms with E-state index in [4.69, 9.17) is 15.3 Å². The molecule has 6 heavy (non-hydrogen) atoms. The van der Waals surface area contributed by atoms with Crippen LogP contribution in [0.2, 0.25) is 0 Å². The molecule has 5 nitrogen and oxygen atoms in total. The van der Waals surface area contributed by atoms with Gasteiger partial charge in [-0.3, -0.25) is 0 Å². The first-order valence-corrected chi connectivity index (χ1v) is 0.565. The zero-order valence-corrected chi connectivity index (χ0v) is 2.42. The summed E-state index contributed by atoms with van der Waals surface area (Å²) in [5.41, 5.74) is 0. The Morgan fingerprint density at radius 3 is 1.67 bits per heavy atom. The van der Waals surface area contributed by atoms with Gasteiger partial charge in [0.2, 0.25) is 0 Å². The fraction of sp³-hybridized carbons (Fsp3) is 0. The molecule has 4 N–H and O–H groups in total. The van der Waals surface area contributed by atoms with Crippen LogP contribution < -0.4 is 6.15 Å². The molecule has 0 fully saturated rings. The van der Waals surface area contributed by atoms with Gasteiger partial charge in [0.1, 0.15) is 0 Å². The molecule has 34 valence electrons. The van der Waals surface area contributed by atoms with Gasteiger partial charge >= 0.3 is 51.4 Å². The van der Waals surface area contributed by atoms with Crippen LogP contribution in [-0.4, -0.2) is 61.7 Å². The third kappa shape index (κ3) is 109. The van der Waals surface area contributed by atoms with Crippen LogP contribution in [-0.2, 0) is 0 Å². The second-order valence-electron chi connectivity index (χ2n) is 0.238. The SMILES string of the molecule is N.O=[N+]([O-])O.[KH]. The van der Waals surface area contributed by atoms with Gasteiger partial charge in [0.25, 0.3) is 5.09 Å². The summed E-state index contributed by atoms with van der Waals surface area (Å²) in [6.45, 7) is 0. The van der Waals surface area contributed by atoms with Gasteiger partial charge in [-0.25, -0.2) is 0 Å². The summed E-state index contributed by atoms with van der Waals surface area (Å²) in [6, 6.07) is 0. The number of hydrogen-bond donors (Lipinski definition) is 2. The summed E-state index contributed by atoms with van der Waals surface area (Å²) in [7, 11) is 0. The molecule has 0 aromatic carbocycles. The Kier molecular flexibility index (Phi) is 24.4. The minimum atomic E-state index is -1.50. The topological polar surface area (TPSA) is 98.4 Å². The Hall–Kier alpha value is 0.796. The Bertz CT molecular complexity index is 31.8. The van der Waals surface area contributed by atoms with Crippen molar-refractivity contribution >= 4 is 51.4 Å². The van der Waals surface area contributed by atoms with Gasteiger partial charge in [0, 0.05) is 0 Å². The maximum atomic E-state index is 8.36. The summed E-state index contributed by atoms with van der Waals surface area (Å²) >= 11 is 0. The molecular weight excluding hydrogens is 115 g/mol. The predicted molar refractivity (Wildman–Crippen MR) is 21.0 cm³/mol. The summed E-state index contributed by atoms with van der Waals surface area (Å²) in [6.07, 6.45) is 0. The number of rotatable bonds is 0. The standard InChI is InChI=1S/K.HNO3.H3N.H/c;2-1(3)4;;/h;(H,2,3,4);1H3;. The Labute approximate surface area is 76.8 Å². The predicted octanol–water partition coefficient (Wildman–Crippen LogP) is -0.834. The van der Waals surface area contributed by atoms with Gasteiger partial charge in [0.15, 0.2) is 0 Å². The normalized spacial score (nSPS) is 4.00. The summed E-state index contributed by atoms with van der Waals surface area (Å²) in [5.74, 6) is 0. The Morgan fingerprint density at radius 2 is 1.67 bits per heavy atom. The second kappa shape index (κ2) is 9.25. The average Bonchev–Trinajstić information content (AvgIpc) is 0.811. The molecule has 0 aromatic heterocycles. The summed E-state index contributed by atoms with van der Waals surface area (Å²) < 4.78 is 0. The molecular formula is H5KN2O3. The van der Waals surface area contributed by atoms with E-state index >= 15 is 0 Å². The van der Waals surface area contributed by atoms with E-state index in [9.17, 15) is 0 Å². The first-order valence-electron chi connectivity index (χ1n) is 0.565. The zero-order chi connectivity index (χ0) is 3.58. The van der Waals surface area contributed by atoms with Crippen LogP contribution >= 0.6 is 0 Å². The van der Waals surface area contributed by atoms with Gasteiger partial charge in [-0.05, 0) is 0 Å². The molecule has 0 atom stereocenters. The van der Waals surface area contributed by atoms with Crippen LogP contribution in [0, 0.1) is 10.1 Å². The second-order valence-corrected chi connectivity index (χ2v) is 0.238. The molecule has 0 saturated carbocycles. The van der Waals surface area contributed by atoms with E-state index in [1.807, 2.05) is 0 Å². The van der Waals surface area contributed by atoms with Crippen LogP contribution in [0.3, 0.4) is 0 Å². The molecule has 0 spiro atoms. The third-order valence-electron chi connectivity index (χ3n) is 0. The first-order chi connectivity index (χ1) is 1.73. The van der Waals surface area contributed by atoms with Crippen LogP contribution in [0.15, 0.2) is 0 Å². The van der Waals surface area contributed by atoms with Crippen molar-refractivity contribution in [1.29, 1.82) is 0 Å². The van der Waals surface area contributed by atoms with E-state index in [1.54, 1.807) is 0 Å². The van der Waals surface area contributed by atoms with E-state index in [2.05, 4.69) is 0 Å². The molecule has 0 aliphatic carbocycles. The molecule has 0 saturated heterocycles. The van der Waals surface area contributed by atoms with E-state index < -0.39 is 5.09 Å². The van der Waals surface area contributed by atoms with Crippen molar-refractivity contribution in [1.82, 2.24) is 6.15 Å². The molecule has 0 aromatic rings. The molecule has 6 heteroatoms. The van der Waals surface area contributed by atoms with Gasteiger partial charge in [-0.1, -0.05) is 0 Å². The van der Waals surface area contributed by atoms with Crippen molar-refractivity contribution < 1.29 is 10.3 Å². The third-order valence-corrected chi connectivity index (χ3v) is 0. The van der Waals surface area contributed by atoms with Crippen LogP contribution in [0.5, 0.6) is 0 Å². The van der Waals surface area contributed by atoms with E-state index in [-0.39, 0.29) is 57.5 Å². The molecule has 0 rings (SSSR count). The molecule has 0 unspecified atom stereocenters. The van der Waals surface area contributed by atoms with E-state index in [1.165, 1.54) is 0 Å². The number of nitrogens with zero attached hydrogens (tertiary/aromatic N) is 1. The van der Waals surface area contributed by atoms with Gasteiger partial charge in [-0.15, -0.1) is 10.1 Å².